The minimum absolute atomic E-state index is 0.0410. The minimum Gasteiger partial charge on any atom is -0.487 e. The van der Waals surface area contributed by atoms with Crippen LogP contribution in [0, 0.1) is 0 Å². The van der Waals surface area contributed by atoms with Gasteiger partial charge >= 0.3 is 5.97 Å². The Morgan fingerprint density at radius 1 is 1.31 bits per heavy atom. The zero-order chi connectivity index (χ0) is 21.4. The van der Waals surface area contributed by atoms with Crippen LogP contribution in [0.3, 0.4) is 0 Å². The maximum absolute atomic E-state index is 13.1. The van der Waals surface area contributed by atoms with E-state index < -0.39 is 37.9 Å². The molecule has 154 valence electrons. The van der Waals surface area contributed by atoms with Crippen LogP contribution >= 0.6 is 0 Å². The van der Waals surface area contributed by atoms with Crippen molar-refractivity contribution in [1.82, 2.24) is 9.88 Å². The van der Waals surface area contributed by atoms with Crippen LogP contribution in [-0.4, -0.2) is 59.6 Å². The molecular weight excluding hydrogens is 396 g/mol. The lowest BCUT2D eigenvalue weighted by Gasteiger charge is -2.38. The van der Waals surface area contributed by atoms with Crippen LogP contribution in [0.15, 0.2) is 49.2 Å². The first-order chi connectivity index (χ1) is 13.7. The van der Waals surface area contributed by atoms with Crippen LogP contribution in [0.2, 0.25) is 0 Å². The fourth-order valence-corrected chi connectivity index (χ4v) is 5.59. The van der Waals surface area contributed by atoms with Gasteiger partial charge in [0.25, 0.3) is 5.91 Å². The lowest BCUT2D eigenvalue weighted by molar-refractivity contribution is -0.156. The van der Waals surface area contributed by atoms with Gasteiger partial charge in [-0.05, 0) is 32.1 Å². The average molecular weight is 418 g/mol. The van der Waals surface area contributed by atoms with Crippen LogP contribution in [0.1, 0.15) is 19.5 Å². The monoisotopic (exact) mass is 418 g/mol. The molecule has 3 heterocycles. The van der Waals surface area contributed by atoms with Gasteiger partial charge in [0.2, 0.25) is 0 Å². The van der Waals surface area contributed by atoms with Crippen LogP contribution in [0.4, 0.5) is 0 Å². The van der Waals surface area contributed by atoms with Gasteiger partial charge in [0.05, 0.1) is 5.57 Å². The first kappa shape index (κ1) is 20.8. The Hall–Kier alpha value is -2.94. The summed E-state index contributed by atoms with van der Waals surface area (Å²) < 4.78 is 35.3. The van der Waals surface area contributed by atoms with Crippen molar-refractivity contribution in [3.8, 4) is 5.75 Å². The number of β-lactam (4-membered cyclic amide) rings is 1. The molecular formula is C20H22N2O6S. The van der Waals surface area contributed by atoms with E-state index in [0.717, 1.165) is 4.90 Å². The van der Waals surface area contributed by atoms with Crippen molar-refractivity contribution in [3.05, 3.63) is 54.9 Å². The van der Waals surface area contributed by atoms with Crippen LogP contribution in [-0.2, 0) is 24.2 Å². The summed E-state index contributed by atoms with van der Waals surface area (Å²) in [6.07, 6.45) is 5.84. The number of pyridine rings is 1. The number of carbonyl (C=O) groups excluding carboxylic acids is 2. The summed E-state index contributed by atoms with van der Waals surface area (Å²) in [5, 5.41) is -1.24. The number of ether oxygens (including phenoxy) is 2. The number of hydrogen-bond donors (Lipinski definition) is 0. The summed E-state index contributed by atoms with van der Waals surface area (Å²) in [6, 6.07) is 2.09. The van der Waals surface area contributed by atoms with Gasteiger partial charge in [-0.1, -0.05) is 25.3 Å². The number of nitrogens with zero attached hydrogens (tertiary/aromatic N) is 2. The van der Waals surface area contributed by atoms with E-state index in [1.165, 1.54) is 32.2 Å². The molecule has 0 bridgehead atoms. The van der Waals surface area contributed by atoms with Gasteiger partial charge in [-0.25, -0.2) is 13.2 Å². The van der Waals surface area contributed by atoms with Gasteiger partial charge in [-0.2, -0.15) is 0 Å². The van der Waals surface area contributed by atoms with E-state index in [9.17, 15) is 18.0 Å². The van der Waals surface area contributed by atoms with E-state index in [1.807, 2.05) is 0 Å². The first-order valence-corrected chi connectivity index (χ1v) is 10.5. The second-order valence-corrected chi connectivity index (χ2v) is 9.71. The van der Waals surface area contributed by atoms with Gasteiger partial charge in [0, 0.05) is 6.20 Å². The predicted octanol–water partition coefficient (Wildman–Crippen LogP) is 1.50. The van der Waals surface area contributed by atoms with Gasteiger partial charge in [0.1, 0.15) is 29.4 Å². The van der Waals surface area contributed by atoms with Gasteiger partial charge in [0.15, 0.2) is 21.3 Å². The third kappa shape index (κ3) is 3.15. The third-order valence-corrected chi connectivity index (χ3v) is 7.74. The van der Waals surface area contributed by atoms with Crippen LogP contribution in [0.25, 0.3) is 6.08 Å². The number of carbonyl (C=O) groups is 2. The molecule has 2 saturated heterocycles. The molecule has 0 aromatic carbocycles. The molecule has 2 aliphatic heterocycles. The molecule has 2 atom stereocenters. The average Bonchev–Trinajstić information content (AvgIpc) is 2.83. The summed E-state index contributed by atoms with van der Waals surface area (Å²) in [5.74, 6) is -0.936. The Kier molecular flexibility index (Phi) is 5.36. The summed E-state index contributed by atoms with van der Waals surface area (Å²) in [6.45, 7) is 10.0. The Labute approximate surface area is 169 Å². The fraction of sp³-hybridized carbons (Fsp3) is 0.350. The second-order valence-electron chi connectivity index (χ2n) is 7.12. The topological polar surface area (TPSA) is 103 Å². The summed E-state index contributed by atoms with van der Waals surface area (Å²) in [5.41, 5.74) is 0.363. The standard InChI is InChI=1S/C20H22N2O6S/c1-5-10-27-15-8-7-9-21-14(15)12-13-17(23)22-16(19(24)28-11-6-2)20(3,4)29(25,26)18(13)22/h5-9,12,16,18H,1-2,10-11H2,3-4H3/b13-12-/t16-,18+/m0/s1. The quantitative estimate of drug-likeness (QED) is 0.286. The molecule has 9 heteroatoms. The Balaban J connectivity index is 2.01. The highest BCUT2D eigenvalue weighted by Gasteiger charge is 2.70. The molecule has 2 fully saturated rings. The molecule has 0 saturated carbocycles. The van der Waals surface area contributed by atoms with E-state index in [2.05, 4.69) is 18.1 Å². The molecule has 1 amide bonds. The van der Waals surface area contributed by atoms with Gasteiger partial charge in [-0.15, -0.1) is 0 Å². The van der Waals surface area contributed by atoms with E-state index in [0.29, 0.717) is 11.4 Å². The first-order valence-electron chi connectivity index (χ1n) is 8.92. The molecule has 29 heavy (non-hydrogen) atoms. The zero-order valence-electron chi connectivity index (χ0n) is 16.2. The molecule has 2 aliphatic rings. The van der Waals surface area contributed by atoms with Crippen molar-refractivity contribution in [2.24, 2.45) is 0 Å². The van der Waals surface area contributed by atoms with Gasteiger partial charge in [-0.3, -0.25) is 9.78 Å². The molecule has 0 N–H and O–H groups in total. The normalized spacial score (nSPS) is 25.1. The minimum atomic E-state index is -3.89. The van der Waals surface area contributed by atoms with Crippen LogP contribution < -0.4 is 4.74 Å². The summed E-state index contributed by atoms with van der Waals surface area (Å²) in [4.78, 5) is 30.6. The molecule has 0 unspecified atom stereocenters. The highest BCUT2D eigenvalue weighted by Crippen LogP contribution is 2.49. The van der Waals surface area contributed by atoms with Crippen molar-refractivity contribution >= 4 is 27.8 Å². The third-order valence-electron chi connectivity index (χ3n) is 4.98. The largest absolute Gasteiger partial charge is 0.487 e. The molecule has 8 nitrogen and oxygen atoms in total. The molecule has 3 rings (SSSR count). The van der Waals surface area contributed by atoms with E-state index in [-0.39, 0.29) is 18.8 Å². The Morgan fingerprint density at radius 2 is 2.00 bits per heavy atom. The number of esters is 1. The summed E-state index contributed by atoms with van der Waals surface area (Å²) in [7, 11) is -3.89. The van der Waals surface area contributed by atoms with E-state index in [4.69, 9.17) is 9.47 Å². The second kappa shape index (κ2) is 7.47. The van der Waals surface area contributed by atoms with Crippen LogP contribution in [0.5, 0.6) is 5.75 Å². The molecule has 0 radical (unpaired) electrons. The molecule has 0 spiro atoms. The summed E-state index contributed by atoms with van der Waals surface area (Å²) >= 11 is 0. The maximum atomic E-state index is 13.1. The molecule has 1 aromatic heterocycles. The van der Waals surface area contributed by atoms with Crippen molar-refractivity contribution in [2.45, 2.75) is 30.0 Å². The predicted molar refractivity (Wildman–Crippen MR) is 106 cm³/mol. The maximum Gasteiger partial charge on any atom is 0.330 e. The fourth-order valence-electron chi connectivity index (χ4n) is 3.47. The number of amides is 1. The molecule has 1 aromatic rings. The lowest BCUT2D eigenvalue weighted by atomic mass is 9.95. The van der Waals surface area contributed by atoms with Crippen molar-refractivity contribution in [3.63, 3.8) is 0 Å². The Morgan fingerprint density at radius 3 is 2.66 bits per heavy atom. The SMILES string of the molecule is C=CCOC(=O)[C@@H]1N2C(=O)/C(=C/c3ncccc3OCC=C)[C@H]2S(=O)(=O)C1(C)C. The number of sulfone groups is 1. The van der Waals surface area contributed by atoms with Gasteiger partial charge < -0.3 is 14.4 Å². The highest BCUT2D eigenvalue weighted by atomic mass is 32.2. The zero-order valence-corrected chi connectivity index (χ0v) is 17.0. The smallest absolute Gasteiger partial charge is 0.330 e. The number of fused-ring (bicyclic) bond motifs is 1. The van der Waals surface area contributed by atoms with E-state index in [1.54, 1.807) is 18.2 Å². The number of aromatic nitrogens is 1. The number of rotatable bonds is 7. The van der Waals surface area contributed by atoms with Crippen molar-refractivity contribution < 1.29 is 27.5 Å². The number of hydrogen-bond acceptors (Lipinski definition) is 7. The lowest BCUT2D eigenvalue weighted by Crippen LogP contribution is -2.59. The molecule has 0 aliphatic carbocycles. The van der Waals surface area contributed by atoms with E-state index >= 15 is 0 Å². The highest BCUT2D eigenvalue weighted by molar-refractivity contribution is 7.94. The van der Waals surface area contributed by atoms with Crippen molar-refractivity contribution in [2.75, 3.05) is 13.2 Å². The van der Waals surface area contributed by atoms with Crippen molar-refractivity contribution in [1.29, 1.82) is 0 Å². The Bertz CT molecular complexity index is 1010.